The number of likely N-dealkylation sites (N-methyl/N-ethyl adjacent to an activating group) is 1. The van der Waals surface area contributed by atoms with E-state index in [2.05, 4.69) is 5.32 Å². The number of hydrogen-bond acceptors (Lipinski definition) is 7. The van der Waals surface area contributed by atoms with Gasteiger partial charge in [0.05, 0.1) is 66.1 Å². The van der Waals surface area contributed by atoms with Gasteiger partial charge in [0.2, 0.25) is 5.91 Å². The lowest BCUT2D eigenvalue weighted by atomic mass is 10.4. The van der Waals surface area contributed by atoms with Crippen molar-refractivity contribution in [3.05, 3.63) is 0 Å². The van der Waals surface area contributed by atoms with Gasteiger partial charge >= 0.3 is 0 Å². The molecule has 0 unspecified atom stereocenters. The molecule has 0 fully saturated rings. The average Bonchev–Trinajstić information content (AvgIpc) is 2.50. The molecule has 0 saturated heterocycles. The Kier molecular flexibility index (Phi) is 17.6. The fraction of sp³-hybridized carbons (Fsp3) is 0.929. The zero-order chi connectivity index (χ0) is 16.3. The van der Waals surface area contributed by atoms with E-state index in [9.17, 15) is 4.79 Å². The second kappa shape index (κ2) is 18.3. The molecule has 8 nitrogen and oxygen atoms in total. The van der Waals surface area contributed by atoms with Gasteiger partial charge in [-0.25, -0.2) is 0 Å². The predicted octanol–water partition coefficient (Wildman–Crippen LogP) is -0.836. The Morgan fingerprint density at radius 1 is 0.727 bits per heavy atom. The summed E-state index contributed by atoms with van der Waals surface area (Å²) in [6, 6.07) is 0. The first-order chi connectivity index (χ1) is 10.8. The highest BCUT2D eigenvalue weighted by molar-refractivity contribution is 5.73. The van der Waals surface area contributed by atoms with Crippen LogP contribution in [0.1, 0.15) is 6.42 Å². The van der Waals surface area contributed by atoms with E-state index >= 15 is 0 Å². The smallest absolute Gasteiger partial charge is 0.219 e. The van der Waals surface area contributed by atoms with E-state index in [1.807, 2.05) is 7.05 Å². The molecule has 0 aromatic heterocycles. The van der Waals surface area contributed by atoms with Crippen LogP contribution >= 0.6 is 0 Å². The number of primary amides is 1. The topological polar surface area (TPSA) is 101 Å². The third kappa shape index (κ3) is 19.2. The Morgan fingerprint density at radius 2 is 1.09 bits per heavy atom. The van der Waals surface area contributed by atoms with E-state index in [4.69, 9.17) is 29.4 Å². The first kappa shape index (κ1) is 21.2. The minimum atomic E-state index is -0.360. The zero-order valence-electron chi connectivity index (χ0n) is 13.5. The van der Waals surface area contributed by atoms with Crippen LogP contribution in [-0.4, -0.2) is 85.6 Å². The molecule has 0 aromatic carbocycles. The summed E-state index contributed by atoms with van der Waals surface area (Å²) >= 11 is 0. The molecule has 0 aliphatic heterocycles. The normalized spacial score (nSPS) is 11.0. The van der Waals surface area contributed by atoms with Crippen molar-refractivity contribution in [3.63, 3.8) is 0 Å². The maximum Gasteiger partial charge on any atom is 0.219 e. The minimum absolute atomic E-state index is 0.240. The number of nitrogens with one attached hydrogen (secondary N) is 1. The molecule has 0 spiro atoms. The van der Waals surface area contributed by atoms with E-state index in [-0.39, 0.29) is 12.3 Å². The summed E-state index contributed by atoms with van der Waals surface area (Å²) in [6.07, 6.45) is 0.240. The van der Waals surface area contributed by atoms with Crippen molar-refractivity contribution in [1.29, 1.82) is 0 Å². The molecular weight excluding hydrogens is 292 g/mol. The molecule has 0 bridgehead atoms. The van der Waals surface area contributed by atoms with E-state index in [1.54, 1.807) is 0 Å². The number of ether oxygens (including phenoxy) is 5. The predicted molar refractivity (Wildman–Crippen MR) is 81.8 cm³/mol. The van der Waals surface area contributed by atoms with Crippen molar-refractivity contribution in [3.8, 4) is 0 Å². The monoisotopic (exact) mass is 322 g/mol. The van der Waals surface area contributed by atoms with Gasteiger partial charge in [0.15, 0.2) is 0 Å². The van der Waals surface area contributed by atoms with E-state index in [1.165, 1.54) is 0 Å². The molecule has 0 aromatic rings. The van der Waals surface area contributed by atoms with Gasteiger partial charge in [-0.1, -0.05) is 0 Å². The van der Waals surface area contributed by atoms with Crippen LogP contribution in [-0.2, 0) is 28.5 Å². The summed E-state index contributed by atoms with van der Waals surface area (Å²) in [5, 5.41) is 3.00. The molecule has 132 valence electrons. The van der Waals surface area contributed by atoms with Gasteiger partial charge in [0.25, 0.3) is 0 Å². The Morgan fingerprint density at radius 3 is 1.45 bits per heavy atom. The largest absolute Gasteiger partial charge is 0.379 e. The van der Waals surface area contributed by atoms with Crippen LogP contribution < -0.4 is 11.1 Å². The molecule has 0 rings (SSSR count). The molecule has 0 heterocycles. The first-order valence-electron chi connectivity index (χ1n) is 7.59. The van der Waals surface area contributed by atoms with Crippen LogP contribution in [0.25, 0.3) is 0 Å². The number of nitrogens with two attached hydrogens (primary N) is 1. The third-order valence-electron chi connectivity index (χ3n) is 2.48. The van der Waals surface area contributed by atoms with Crippen LogP contribution in [0.2, 0.25) is 0 Å². The summed E-state index contributed by atoms with van der Waals surface area (Å²) in [5.41, 5.74) is 4.97. The molecule has 0 aliphatic rings. The van der Waals surface area contributed by atoms with Crippen LogP contribution in [0.3, 0.4) is 0 Å². The first-order valence-corrected chi connectivity index (χ1v) is 7.59. The number of amides is 1. The quantitative estimate of drug-likeness (QED) is 0.317. The van der Waals surface area contributed by atoms with Crippen molar-refractivity contribution < 1.29 is 28.5 Å². The summed E-state index contributed by atoms with van der Waals surface area (Å²) in [4.78, 5) is 10.4. The second-order valence-electron chi connectivity index (χ2n) is 4.38. The molecule has 0 radical (unpaired) electrons. The fourth-order valence-electron chi connectivity index (χ4n) is 1.33. The molecular formula is C14H30N2O6. The Bertz CT molecular complexity index is 243. The van der Waals surface area contributed by atoms with Gasteiger partial charge in [-0.3, -0.25) is 4.79 Å². The van der Waals surface area contributed by atoms with Crippen LogP contribution in [0.5, 0.6) is 0 Å². The van der Waals surface area contributed by atoms with Crippen molar-refractivity contribution in [2.45, 2.75) is 6.42 Å². The maximum atomic E-state index is 10.4. The SMILES string of the molecule is CNCCOCCOCCOCCOCCOCCC(N)=O. The van der Waals surface area contributed by atoms with Crippen molar-refractivity contribution in [1.82, 2.24) is 5.32 Å². The molecule has 3 N–H and O–H groups in total. The second-order valence-corrected chi connectivity index (χ2v) is 4.38. The van der Waals surface area contributed by atoms with Gasteiger partial charge in [-0.05, 0) is 7.05 Å². The standard InChI is InChI=1S/C14H30N2O6/c1-16-3-5-19-7-9-21-11-13-22-12-10-20-8-6-18-4-2-14(15)17/h16H,2-13H2,1H3,(H2,15,17). The lowest BCUT2D eigenvalue weighted by Crippen LogP contribution is -2.17. The fourth-order valence-corrected chi connectivity index (χ4v) is 1.33. The van der Waals surface area contributed by atoms with Crippen LogP contribution in [0.15, 0.2) is 0 Å². The molecule has 8 heteroatoms. The lowest BCUT2D eigenvalue weighted by Gasteiger charge is -2.07. The number of carbonyl (C=O) groups is 1. The van der Waals surface area contributed by atoms with Crippen LogP contribution in [0.4, 0.5) is 0 Å². The molecule has 22 heavy (non-hydrogen) atoms. The Hall–Kier alpha value is -0.770. The summed E-state index contributed by atoms with van der Waals surface area (Å²) < 4.78 is 26.4. The number of hydrogen-bond donors (Lipinski definition) is 2. The average molecular weight is 322 g/mol. The van der Waals surface area contributed by atoms with Crippen LogP contribution in [0, 0.1) is 0 Å². The minimum Gasteiger partial charge on any atom is -0.379 e. The van der Waals surface area contributed by atoms with Gasteiger partial charge in [-0.15, -0.1) is 0 Å². The summed E-state index contributed by atoms with van der Waals surface area (Å²) in [7, 11) is 1.89. The van der Waals surface area contributed by atoms with Gasteiger partial charge in [0.1, 0.15) is 0 Å². The van der Waals surface area contributed by atoms with Crippen molar-refractivity contribution in [2.24, 2.45) is 5.73 Å². The number of rotatable bonds is 18. The van der Waals surface area contributed by atoms with E-state index in [0.717, 1.165) is 6.54 Å². The Labute approximate surface area is 132 Å². The molecule has 0 saturated carbocycles. The Balaban J connectivity index is 2.95. The maximum absolute atomic E-state index is 10.4. The summed E-state index contributed by atoms with van der Waals surface area (Å²) in [6.45, 7) is 6.08. The molecule has 1 amide bonds. The van der Waals surface area contributed by atoms with Crippen molar-refractivity contribution >= 4 is 5.91 Å². The van der Waals surface area contributed by atoms with Gasteiger partial charge < -0.3 is 34.7 Å². The third-order valence-corrected chi connectivity index (χ3v) is 2.48. The number of carbonyl (C=O) groups excluding carboxylic acids is 1. The van der Waals surface area contributed by atoms with E-state index < -0.39 is 0 Å². The van der Waals surface area contributed by atoms with E-state index in [0.29, 0.717) is 66.1 Å². The van der Waals surface area contributed by atoms with Gasteiger partial charge in [0, 0.05) is 13.0 Å². The highest BCUT2D eigenvalue weighted by Crippen LogP contribution is 1.85. The lowest BCUT2D eigenvalue weighted by molar-refractivity contribution is -0.119. The highest BCUT2D eigenvalue weighted by atomic mass is 16.6. The van der Waals surface area contributed by atoms with Crippen molar-refractivity contribution in [2.75, 3.05) is 79.7 Å². The molecule has 0 aliphatic carbocycles. The zero-order valence-corrected chi connectivity index (χ0v) is 13.5. The van der Waals surface area contributed by atoms with Gasteiger partial charge in [-0.2, -0.15) is 0 Å². The molecule has 0 atom stereocenters. The summed E-state index contributed by atoms with van der Waals surface area (Å²) in [5.74, 6) is -0.360. The highest BCUT2D eigenvalue weighted by Gasteiger charge is 1.95.